The third-order valence-corrected chi connectivity index (χ3v) is 8.87. The average Bonchev–Trinajstić information content (AvgIpc) is 3.40. The van der Waals surface area contributed by atoms with Crippen LogP contribution in [0.5, 0.6) is 0 Å². The van der Waals surface area contributed by atoms with Gasteiger partial charge >= 0.3 is 0 Å². The van der Waals surface area contributed by atoms with Gasteiger partial charge in [0, 0.05) is 102 Å². The molecular formula is C33H49F2N7O3. The number of hydrogen-bond donors (Lipinski definition) is 0. The summed E-state index contributed by atoms with van der Waals surface area (Å²) in [5.74, 6) is 0.528. The van der Waals surface area contributed by atoms with Crippen LogP contribution in [0.15, 0.2) is 31.0 Å². The minimum absolute atomic E-state index is 0.0270. The highest BCUT2D eigenvalue weighted by molar-refractivity contribution is 5.87. The number of piperazine rings is 1. The molecule has 0 saturated carbocycles. The van der Waals surface area contributed by atoms with E-state index in [2.05, 4.69) is 38.3 Å². The van der Waals surface area contributed by atoms with Gasteiger partial charge in [0.25, 0.3) is 6.43 Å². The second-order valence-corrected chi connectivity index (χ2v) is 11.9. The summed E-state index contributed by atoms with van der Waals surface area (Å²) in [5.41, 5.74) is 3.16. The maximum absolute atomic E-state index is 14.6. The van der Waals surface area contributed by atoms with Crippen LogP contribution in [0.2, 0.25) is 0 Å². The summed E-state index contributed by atoms with van der Waals surface area (Å²) in [4.78, 5) is 25.0. The lowest BCUT2D eigenvalue weighted by molar-refractivity contribution is -0.128. The number of carbonyl (C=O) groups is 1. The van der Waals surface area contributed by atoms with E-state index in [4.69, 9.17) is 9.47 Å². The van der Waals surface area contributed by atoms with Crippen molar-refractivity contribution >= 4 is 23.5 Å². The van der Waals surface area contributed by atoms with Crippen LogP contribution in [0.1, 0.15) is 61.7 Å². The molecule has 0 aromatic carbocycles. The Labute approximate surface area is 266 Å². The number of aromatic nitrogens is 3. The minimum Gasteiger partial charge on any atom is -0.382 e. The lowest BCUT2D eigenvalue weighted by atomic mass is 10.0. The molecule has 248 valence electrons. The van der Waals surface area contributed by atoms with Gasteiger partial charge in [-0.15, -0.1) is 0 Å². The van der Waals surface area contributed by atoms with Crippen LogP contribution in [0, 0.1) is 6.92 Å². The fraction of sp³-hybridized carbons (Fsp3) is 0.606. The number of likely N-dealkylation sites (N-methyl/N-ethyl adjacent to an activating group) is 1. The number of hydrogen-bond acceptors (Lipinski definition) is 8. The Kier molecular flexibility index (Phi) is 12.1. The van der Waals surface area contributed by atoms with Crippen LogP contribution < -0.4 is 9.80 Å². The second-order valence-electron chi connectivity index (χ2n) is 11.9. The SMILES string of the molecule is C=CC(=O)N1CCN(C2CN(c3cc(N(CC)CC(C)c4c(C)cnn4C(COC)COC)nc(C(F)F)c3/C=C\C)C2)CC1. The number of carbonyl (C=O) groups excluding carboxylic acids is 1. The second kappa shape index (κ2) is 15.8. The van der Waals surface area contributed by atoms with E-state index in [1.54, 1.807) is 26.4 Å². The Morgan fingerprint density at radius 1 is 1.18 bits per heavy atom. The first kappa shape index (κ1) is 34.5. The summed E-state index contributed by atoms with van der Waals surface area (Å²) in [7, 11) is 3.32. The third-order valence-electron chi connectivity index (χ3n) is 8.87. The van der Waals surface area contributed by atoms with E-state index in [1.807, 2.05) is 42.6 Å². The average molecular weight is 630 g/mol. The maximum atomic E-state index is 14.6. The lowest BCUT2D eigenvalue weighted by Crippen LogP contribution is -2.63. The van der Waals surface area contributed by atoms with Gasteiger partial charge in [-0.1, -0.05) is 25.7 Å². The number of amides is 1. The smallest absolute Gasteiger partial charge is 0.281 e. The van der Waals surface area contributed by atoms with Crippen molar-refractivity contribution in [3.05, 3.63) is 53.5 Å². The molecule has 0 bridgehead atoms. The maximum Gasteiger partial charge on any atom is 0.281 e. The molecule has 1 unspecified atom stereocenters. The highest BCUT2D eigenvalue weighted by Crippen LogP contribution is 2.37. The molecule has 0 radical (unpaired) electrons. The molecule has 0 aliphatic carbocycles. The van der Waals surface area contributed by atoms with Gasteiger partial charge in [-0.2, -0.15) is 5.10 Å². The lowest BCUT2D eigenvalue weighted by Gasteiger charge is -2.49. The van der Waals surface area contributed by atoms with Crippen molar-refractivity contribution in [2.75, 3.05) is 89.6 Å². The van der Waals surface area contributed by atoms with Crippen LogP contribution in [0.25, 0.3) is 6.08 Å². The first-order valence-corrected chi connectivity index (χ1v) is 15.8. The van der Waals surface area contributed by atoms with Crippen molar-refractivity contribution < 1.29 is 23.0 Å². The number of ether oxygens (including phenoxy) is 2. The topological polar surface area (TPSA) is 79.2 Å². The number of methoxy groups -OCH3 is 2. The minimum atomic E-state index is -2.72. The van der Waals surface area contributed by atoms with Crippen LogP contribution in [-0.2, 0) is 14.3 Å². The molecule has 2 aromatic heterocycles. The van der Waals surface area contributed by atoms with Gasteiger partial charge in [0.2, 0.25) is 5.91 Å². The molecular weight excluding hydrogens is 580 g/mol. The summed E-state index contributed by atoms with van der Waals surface area (Å²) < 4.78 is 42.0. The van der Waals surface area contributed by atoms with Crippen molar-refractivity contribution in [1.29, 1.82) is 0 Å². The number of pyridine rings is 1. The highest BCUT2D eigenvalue weighted by atomic mass is 19.3. The molecule has 2 aromatic rings. The van der Waals surface area contributed by atoms with E-state index in [9.17, 15) is 13.6 Å². The Morgan fingerprint density at radius 2 is 1.84 bits per heavy atom. The van der Waals surface area contributed by atoms with Gasteiger partial charge in [0.05, 0.1) is 25.5 Å². The standard InChI is InChI=1S/C33H49F2N7O3/c1-8-11-27-28(41-19-25(20-41)39-12-14-40(15-13-39)30(43)9-2)16-29(37-31(27)33(34)35)38(10-3)18-24(5)32-23(4)17-36-42(32)26(21-44-6)22-45-7/h8-9,11,16-17,24-26,33H,2,10,12-15,18-22H2,1,3-7H3/b11-8-. The summed E-state index contributed by atoms with van der Waals surface area (Å²) in [6.45, 7) is 18.1. The zero-order valence-electron chi connectivity index (χ0n) is 27.6. The Morgan fingerprint density at radius 3 is 2.40 bits per heavy atom. The van der Waals surface area contributed by atoms with Gasteiger partial charge in [-0.25, -0.2) is 13.8 Å². The molecule has 4 rings (SSSR count). The molecule has 2 aliphatic rings. The number of rotatable bonds is 15. The monoisotopic (exact) mass is 629 g/mol. The first-order valence-electron chi connectivity index (χ1n) is 15.8. The van der Waals surface area contributed by atoms with Crippen molar-refractivity contribution in [1.82, 2.24) is 24.6 Å². The molecule has 0 N–H and O–H groups in total. The first-order chi connectivity index (χ1) is 21.7. The molecule has 0 spiro atoms. The number of aryl methyl sites for hydroxylation is 1. The largest absolute Gasteiger partial charge is 0.382 e. The Bertz CT molecular complexity index is 1310. The van der Waals surface area contributed by atoms with Gasteiger partial charge in [-0.3, -0.25) is 14.4 Å². The third kappa shape index (κ3) is 7.73. The predicted molar refractivity (Wildman–Crippen MR) is 174 cm³/mol. The van der Waals surface area contributed by atoms with Crippen molar-refractivity contribution in [2.45, 2.75) is 52.1 Å². The van der Waals surface area contributed by atoms with Crippen LogP contribution in [-0.4, -0.2) is 116 Å². The number of halogens is 2. The predicted octanol–water partition coefficient (Wildman–Crippen LogP) is 4.54. The summed E-state index contributed by atoms with van der Waals surface area (Å²) in [6.07, 6.45) is 4.04. The molecule has 2 saturated heterocycles. The number of alkyl halides is 2. The number of anilines is 2. The molecule has 4 heterocycles. The number of allylic oxidation sites excluding steroid dienone is 1. The molecule has 10 nitrogen and oxygen atoms in total. The summed E-state index contributed by atoms with van der Waals surface area (Å²) >= 11 is 0. The van der Waals surface area contributed by atoms with E-state index >= 15 is 0 Å². The molecule has 45 heavy (non-hydrogen) atoms. The Balaban J connectivity index is 1.58. The zero-order chi connectivity index (χ0) is 32.7. The molecule has 1 atom stereocenters. The van der Waals surface area contributed by atoms with Gasteiger partial charge < -0.3 is 24.2 Å². The normalized spacial score (nSPS) is 17.0. The fourth-order valence-corrected chi connectivity index (χ4v) is 6.53. The van der Waals surface area contributed by atoms with E-state index in [0.29, 0.717) is 56.8 Å². The van der Waals surface area contributed by atoms with E-state index in [1.165, 1.54) is 6.08 Å². The fourth-order valence-electron chi connectivity index (χ4n) is 6.53. The Hall–Kier alpha value is -3.35. The number of nitrogens with zero attached hydrogens (tertiary/aromatic N) is 7. The van der Waals surface area contributed by atoms with Crippen molar-refractivity contribution in [2.24, 2.45) is 0 Å². The van der Waals surface area contributed by atoms with Gasteiger partial charge in [0.15, 0.2) is 0 Å². The zero-order valence-corrected chi connectivity index (χ0v) is 27.6. The van der Waals surface area contributed by atoms with Crippen molar-refractivity contribution in [3.8, 4) is 0 Å². The summed E-state index contributed by atoms with van der Waals surface area (Å²) in [6, 6.07) is 2.19. The van der Waals surface area contributed by atoms with Gasteiger partial charge in [-0.05, 0) is 32.4 Å². The van der Waals surface area contributed by atoms with E-state index < -0.39 is 6.43 Å². The van der Waals surface area contributed by atoms with E-state index in [-0.39, 0.29) is 23.6 Å². The van der Waals surface area contributed by atoms with Gasteiger partial charge in [0.1, 0.15) is 11.5 Å². The van der Waals surface area contributed by atoms with Crippen LogP contribution >= 0.6 is 0 Å². The molecule has 12 heteroatoms. The molecule has 1 amide bonds. The van der Waals surface area contributed by atoms with E-state index in [0.717, 1.165) is 43.1 Å². The highest BCUT2D eigenvalue weighted by Gasteiger charge is 2.36. The van der Waals surface area contributed by atoms with Crippen LogP contribution in [0.3, 0.4) is 0 Å². The summed E-state index contributed by atoms with van der Waals surface area (Å²) in [5, 5.41) is 4.65. The molecule has 2 aliphatic heterocycles. The van der Waals surface area contributed by atoms with Crippen LogP contribution in [0.4, 0.5) is 20.3 Å². The quantitative estimate of drug-likeness (QED) is 0.266. The molecule has 2 fully saturated rings. The van der Waals surface area contributed by atoms with Crippen molar-refractivity contribution in [3.63, 3.8) is 0 Å².